The van der Waals surface area contributed by atoms with Crippen LogP contribution >= 0.6 is 0 Å². The number of carbonyl (C=O) groups is 1. The molecule has 2 aromatic carbocycles. The minimum Gasteiger partial charge on any atom is -0.502 e. The number of phenols is 1. The van der Waals surface area contributed by atoms with Crippen molar-refractivity contribution in [2.75, 3.05) is 14.2 Å². The lowest BCUT2D eigenvalue weighted by Gasteiger charge is -2.09. The molecule has 0 aromatic heterocycles. The van der Waals surface area contributed by atoms with Gasteiger partial charge in [0, 0.05) is 5.56 Å². The molecule has 0 aliphatic carbocycles. The zero-order valence-corrected chi connectivity index (χ0v) is 12.7. The maximum absolute atomic E-state index is 12.2. The number of nitrogens with zero attached hydrogens (tertiary/aromatic N) is 1. The minimum absolute atomic E-state index is 0.0970. The lowest BCUT2D eigenvalue weighted by Crippen LogP contribution is -1.95. The second-order valence-electron chi connectivity index (χ2n) is 4.66. The van der Waals surface area contributed by atoms with Gasteiger partial charge in [-0.15, -0.1) is 0 Å². The summed E-state index contributed by atoms with van der Waals surface area (Å²) in [6, 6.07) is 11.6. The summed E-state index contributed by atoms with van der Waals surface area (Å²) in [4.78, 5) is 12.2. The van der Waals surface area contributed by atoms with Crippen molar-refractivity contribution < 1.29 is 19.4 Å². The van der Waals surface area contributed by atoms with Gasteiger partial charge in [-0.25, -0.2) is 0 Å². The van der Waals surface area contributed by atoms with Crippen molar-refractivity contribution in [2.45, 2.75) is 0 Å². The van der Waals surface area contributed by atoms with Crippen LogP contribution in [0.4, 0.5) is 0 Å². The van der Waals surface area contributed by atoms with Crippen molar-refractivity contribution >= 4 is 11.9 Å². The first-order valence-electron chi connectivity index (χ1n) is 6.76. The van der Waals surface area contributed by atoms with Crippen LogP contribution in [0.25, 0.3) is 6.08 Å². The number of ether oxygens (including phenoxy) is 2. The van der Waals surface area contributed by atoms with Crippen LogP contribution < -0.4 is 9.47 Å². The van der Waals surface area contributed by atoms with E-state index in [0.717, 1.165) is 0 Å². The molecule has 0 saturated carbocycles. The van der Waals surface area contributed by atoms with Gasteiger partial charge in [0.15, 0.2) is 17.3 Å². The Morgan fingerprint density at radius 2 is 1.83 bits per heavy atom. The van der Waals surface area contributed by atoms with E-state index in [1.54, 1.807) is 36.4 Å². The number of ketones is 1. The first-order valence-corrected chi connectivity index (χ1v) is 6.76. The van der Waals surface area contributed by atoms with E-state index in [2.05, 4.69) is 0 Å². The van der Waals surface area contributed by atoms with E-state index in [1.165, 1.54) is 26.4 Å². The van der Waals surface area contributed by atoms with Crippen LogP contribution in [0.15, 0.2) is 42.5 Å². The monoisotopic (exact) mass is 309 g/mol. The maximum atomic E-state index is 12.2. The van der Waals surface area contributed by atoms with Crippen LogP contribution in [-0.2, 0) is 0 Å². The molecular weight excluding hydrogens is 294 g/mol. The number of methoxy groups -OCH3 is 2. The highest BCUT2D eigenvalue weighted by atomic mass is 16.5. The van der Waals surface area contributed by atoms with Crippen molar-refractivity contribution in [3.05, 3.63) is 59.2 Å². The van der Waals surface area contributed by atoms with Crippen molar-refractivity contribution in [2.24, 2.45) is 0 Å². The predicted molar refractivity (Wildman–Crippen MR) is 85.7 cm³/mol. The molecule has 0 spiro atoms. The first-order chi connectivity index (χ1) is 11.1. The highest BCUT2D eigenvalue weighted by Gasteiger charge is 2.10. The lowest BCUT2D eigenvalue weighted by atomic mass is 10.1. The maximum Gasteiger partial charge on any atom is 0.200 e. The van der Waals surface area contributed by atoms with Gasteiger partial charge in [0.2, 0.25) is 5.75 Å². The number of hydrogen-bond acceptors (Lipinski definition) is 5. The number of aromatic hydroxyl groups is 1. The summed E-state index contributed by atoms with van der Waals surface area (Å²) < 4.78 is 10.1. The molecule has 0 saturated heterocycles. The summed E-state index contributed by atoms with van der Waals surface area (Å²) in [7, 11) is 2.86. The van der Waals surface area contributed by atoms with Gasteiger partial charge in [0.1, 0.15) is 0 Å². The minimum atomic E-state index is -0.229. The van der Waals surface area contributed by atoms with Crippen LogP contribution in [0.3, 0.4) is 0 Å². The fourth-order valence-corrected chi connectivity index (χ4v) is 2.02. The van der Waals surface area contributed by atoms with Gasteiger partial charge >= 0.3 is 0 Å². The Morgan fingerprint density at radius 1 is 1.17 bits per heavy atom. The van der Waals surface area contributed by atoms with E-state index in [-0.39, 0.29) is 23.0 Å². The Labute approximate surface area is 134 Å². The summed E-state index contributed by atoms with van der Waals surface area (Å²) >= 11 is 0. The van der Waals surface area contributed by atoms with E-state index in [1.807, 2.05) is 6.07 Å². The van der Waals surface area contributed by atoms with Crippen molar-refractivity contribution in [3.8, 4) is 23.3 Å². The molecular formula is C18H15NO4. The summed E-state index contributed by atoms with van der Waals surface area (Å²) in [6.45, 7) is 0. The fourth-order valence-electron chi connectivity index (χ4n) is 2.02. The lowest BCUT2D eigenvalue weighted by molar-refractivity contribution is 0.104. The van der Waals surface area contributed by atoms with Gasteiger partial charge in [-0.1, -0.05) is 18.2 Å². The molecule has 0 amide bonds. The number of carbonyl (C=O) groups excluding carboxylic acids is 1. The number of benzene rings is 2. The molecule has 0 atom stereocenters. The van der Waals surface area contributed by atoms with Gasteiger partial charge in [-0.3, -0.25) is 4.79 Å². The van der Waals surface area contributed by atoms with Gasteiger partial charge in [0.25, 0.3) is 0 Å². The molecule has 0 unspecified atom stereocenters. The third-order valence-electron chi connectivity index (χ3n) is 3.21. The molecule has 0 aliphatic heterocycles. The van der Waals surface area contributed by atoms with E-state index < -0.39 is 0 Å². The van der Waals surface area contributed by atoms with E-state index in [0.29, 0.717) is 16.7 Å². The highest BCUT2D eigenvalue weighted by molar-refractivity contribution is 6.07. The Bertz CT molecular complexity index is 778. The zero-order chi connectivity index (χ0) is 16.8. The van der Waals surface area contributed by atoms with Crippen LogP contribution in [0.5, 0.6) is 17.2 Å². The summed E-state index contributed by atoms with van der Waals surface area (Å²) in [5.41, 5.74) is 1.50. The molecule has 2 aromatic rings. The van der Waals surface area contributed by atoms with Crippen LogP contribution in [0.1, 0.15) is 21.5 Å². The van der Waals surface area contributed by atoms with Crippen molar-refractivity contribution in [1.82, 2.24) is 0 Å². The molecule has 0 aliphatic rings. The standard InChI is InChI=1S/C18H15NO4/c1-22-16-9-12(10-17(23-2)18(16)21)6-7-15(20)14-5-3-4-13(8-14)11-19/h3-10,21H,1-2H3/b7-6+. The van der Waals surface area contributed by atoms with E-state index >= 15 is 0 Å². The molecule has 0 bridgehead atoms. The molecule has 5 nitrogen and oxygen atoms in total. The summed E-state index contributed by atoms with van der Waals surface area (Å²) in [5.74, 6) is 0.180. The molecule has 0 heterocycles. The molecule has 2 rings (SSSR count). The van der Waals surface area contributed by atoms with Crippen molar-refractivity contribution in [3.63, 3.8) is 0 Å². The molecule has 0 radical (unpaired) electrons. The van der Waals surface area contributed by atoms with Crippen LogP contribution in [0.2, 0.25) is 0 Å². The third-order valence-corrected chi connectivity index (χ3v) is 3.21. The van der Waals surface area contributed by atoms with Gasteiger partial charge in [-0.2, -0.15) is 5.26 Å². The van der Waals surface area contributed by atoms with Crippen LogP contribution in [0, 0.1) is 11.3 Å². The Hall–Kier alpha value is -3.26. The normalized spacial score (nSPS) is 10.3. The smallest absolute Gasteiger partial charge is 0.200 e. The predicted octanol–water partition coefficient (Wildman–Crippen LogP) is 3.18. The first kappa shape index (κ1) is 16.1. The largest absolute Gasteiger partial charge is 0.502 e. The number of nitriles is 1. The number of hydrogen-bond donors (Lipinski definition) is 1. The second kappa shape index (κ2) is 7.14. The van der Waals surface area contributed by atoms with Gasteiger partial charge < -0.3 is 14.6 Å². The SMILES string of the molecule is COc1cc(/C=C/C(=O)c2cccc(C#N)c2)cc(OC)c1O. The van der Waals surface area contributed by atoms with Gasteiger partial charge in [-0.05, 0) is 35.9 Å². The zero-order valence-electron chi connectivity index (χ0n) is 12.7. The van der Waals surface area contributed by atoms with E-state index in [4.69, 9.17) is 14.7 Å². The highest BCUT2D eigenvalue weighted by Crippen LogP contribution is 2.37. The second-order valence-corrected chi connectivity index (χ2v) is 4.66. The quantitative estimate of drug-likeness (QED) is 0.678. The molecule has 23 heavy (non-hydrogen) atoms. The summed E-state index contributed by atoms with van der Waals surface area (Å²) in [6.07, 6.45) is 2.98. The Morgan fingerprint density at radius 3 is 2.39 bits per heavy atom. The van der Waals surface area contributed by atoms with Crippen LogP contribution in [-0.4, -0.2) is 25.1 Å². The number of phenolic OH excluding ortho intramolecular Hbond substituents is 1. The van der Waals surface area contributed by atoms with Crippen molar-refractivity contribution in [1.29, 1.82) is 5.26 Å². The van der Waals surface area contributed by atoms with E-state index in [9.17, 15) is 9.90 Å². The topological polar surface area (TPSA) is 79.6 Å². The third kappa shape index (κ3) is 3.69. The summed E-state index contributed by atoms with van der Waals surface area (Å²) in [5, 5.41) is 18.7. The number of rotatable bonds is 5. The van der Waals surface area contributed by atoms with Gasteiger partial charge in [0.05, 0.1) is 25.9 Å². The molecule has 5 heteroatoms. The number of allylic oxidation sites excluding steroid dienone is 1. The molecule has 0 fully saturated rings. The average molecular weight is 309 g/mol. The Balaban J connectivity index is 2.29. The fraction of sp³-hybridized carbons (Fsp3) is 0.111. The Kier molecular flexibility index (Phi) is 5.00. The molecule has 1 N–H and O–H groups in total. The molecule has 116 valence electrons. The average Bonchev–Trinajstić information content (AvgIpc) is 2.60.